The summed E-state index contributed by atoms with van der Waals surface area (Å²) >= 11 is 0. The van der Waals surface area contributed by atoms with Crippen molar-refractivity contribution >= 4 is 32.9 Å². The number of carbonyl (C=O) groups excluding carboxylic acids is 1. The minimum atomic E-state index is -3.14. The van der Waals surface area contributed by atoms with Gasteiger partial charge in [-0.2, -0.15) is 5.10 Å². The molecule has 0 aliphatic carbocycles. The number of nitrogens with zero attached hydrogens (tertiary/aromatic N) is 1. The number of benzene rings is 2. The van der Waals surface area contributed by atoms with Crippen LogP contribution < -0.4 is 10.9 Å². The second-order valence-corrected chi connectivity index (χ2v) is 8.12. The molecule has 8 heteroatoms. The Labute approximate surface area is 155 Å². The van der Waals surface area contributed by atoms with Crippen LogP contribution in [0.4, 0.5) is 0 Å². The summed E-state index contributed by atoms with van der Waals surface area (Å²) in [5.41, 5.74) is 3.65. The molecule has 0 bridgehead atoms. The van der Waals surface area contributed by atoms with Crippen molar-refractivity contribution in [2.24, 2.45) is 5.10 Å². The molecule has 7 nitrogen and oxygen atoms in total. The molecule has 1 aromatic heterocycles. The number of nitrogens with one attached hydrogen (secondary N) is 1. The molecule has 0 unspecified atom stereocenters. The first-order chi connectivity index (χ1) is 12.8. The largest absolute Gasteiger partial charge is 0.463 e. The fourth-order valence-corrected chi connectivity index (χ4v) is 3.26. The van der Waals surface area contributed by atoms with Crippen molar-refractivity contribution in [3.8, 4) is 0 Å². The van der Waals surface area contributed by atoms with Gasteiger partial charge in [0.1, 0.15) is 11.8 Å². The lowest BCUT2D eigenvalue weighted by molar-refractivity contribution is 0.0955. The topological polar surface area (TPSA) is 106 Å². The number of carbonyl (C=O) groups is 1. The summed E-state index contributed by atoms with van der Waals surface area (Å²) in [4.78, 5) is 24.4. The molecule has 0 atom stereocenters. The number of hydrazone groups is 1. The highest BCUT2D eigenvalue weighted by Gasteiger charge is 2.08. The lowest BCUT2D eigenvalue weighted by Crippen LogP contribution is -2.18. The fourth-order valence-electron chi connectivity index (χ4n) is 2.46. The van der Waals surface area contributed by atoms with Crippen molar-refractivity contribution in [3.05, 3.63) is 81.7 Å². The van der Waals surface area contributed by atoms with E-state index in [9.17, 15) is 18.0 Å². The average Bonchev–Trinajstić information content (AvgIpc) is 2.63. The molecule has 1 heterocycles. The fraction of sp³-hybridized carbons (Fsp3) is 0.105. The Kier molecular flexibility index (Phi) is 5.18. The summed E-state index contributed by atoms with van der Waals surface area (Å²) in [5, 5.41) is 4.21. The quantitative estimate of drug-likeness (QED) is 0.536. The molecule has 1 amide bonds. The van der Waals surface area contributed by atoms with Crippen LogP contribution in [0.3, 0.4) is 0 Å². The number of hydrogen-bond acceptors (Lipinski definition) is 6. The predicted octanol–water partition coefficient (Wildman–Crippen LogP) is 2.10. The van der Waals surface area contributed by atoms with Gasteiger partial charge in [0.2, 0.25) is 5.43 Å². The van der Waals surface area contributed by atoms with E-state index in [4.69, 9.17) is 4.42 Å². The molecule has 1 N–H and O–H groups in total. The number of hydrogen-bond donors (Lipinski definition) is 1. The summed E-state index contributed by atoms with van der Waals surface area (Å²) in [6.45, 7) is 0. The first kappa shape index (κ1) is 18.5. The zero-order chi connectivity index (χ0) is 19.4. The van der Waals surface area contributed by atoms with Crippen LogP contribution in [0, 0.1) is 0 Å². The molecule has 3 rings (SSSR count). The first-order valence-corrected chi connectivity index (χ1v) is 10.0. The Morgan fingerprint density at radius 3 is 2.56 bits per heavy atom. The molecule has 0 spiro atoms. The first-order valence-electron chi connectivity index (χ1n) is 7.94. The summed E-state index contributed by atoms with van der Waals surface area (Å²) in [7, 11) is -3.14. The van der Waals surface area contributed by atoms with Gasteiger partial charge in [0.05, 0.1) is 22.9 Å². The SMILES string of the molecule is CS(=O)(=O)Cc1ccc(C(=O)N/N=C/c2coc3ccccc3c2=O)cc1. The second-order valence-electron chi connectivity index (χ2n) is 5.98. The standard InChI is InChI=1S/C19H16N2O5S/c1-27(24,25)12-13-6-8-14(9-7-13)19(23)21-20-10-15-11-26-17-5-3-2-4-16(17)18(15)22/h2-11H,12H2,1H3,(H,21,23)/b20-10+. The second kappa shape index (κ2) is 7.55. The lowest BCUT2D eigenvalue weighted by Gasteiger charge is -2.02. The number of para-hydroxylation sites is 1. The van der Waals surface area contributed by atoms with Crippen LogP contribution in [0.5, 0.6) is 0 Å². The molecule has 3 aromatic rings. The Morgan fingerprint density at radius 1 is 1.15 bits per heavy atom. The van der Waals surface area contributed by atoms with Crippen LogP contribution in [-0.2, 0) is 15.6 Å². The molecule has 0 aliphatic rings. The predicted molar refractivity (Wildman–Crippen MR) is 103 cm³/mol. The van der Waals surface area contributed by atoms with E-state index in [2.05, 4.69) is 10.5 Å². The van der Waals surface area contributed by atoms with Crippen LogP contribution in [0.15, 0.2) is 69.1 Å². The molecule has 0 radical (unpaired) electrons. The van der Waals surface area contributed by atoms with Crippen LogP contribution in [0.2, 0.25) is 0 Å². The van der Waals surface area contributed by atoms with Gasteiger partial charge in [0, 0.05) is 11.8 Å². The van der Waals surface area contributed by atoms with Gasteiger partial charge in [0.15, 0.2) is 9.84 Å². The molecular weight excluding hydrogens is 368 g/mol. The molecule has 27 heavy (non-hydrogen) atoms. The van der Waals surface area contributed by atoms with Gasteiger partial charge in [-0.1, -0.05) is 24.3 Å². The molecule has 138 valence electrons. The third-order valence-corrected chi connectivity index (χ3v) is 4.58. The molecular formula is C19H16N2O5S. The summed E-state index contributed by atoms with van der Waals surface area (Å²) < 4.78 is 27.9. The smallest absolute Gasteiger partial charge is 0.271 e. The monoisotopic (exact) mass is 384 g/mol. The Balaban J connectivity index is 1.70. The van der Waals surface area contributed by atoms with Crippen molar-refractivity contribution in [3.63, 3.8) is 0 Å². The van der Waals surface area contributed by atoms with Crippen molar-refractivity contribution in [2.45, 2.75) is 5.75 Å². The highest BCUT2D eigenvalue weighted by molar-refractivity contribution is 7.89. The van der Waals surface area contributed by atoms with E-state index in [0.29, 0.717) is 22.1 Å². The number of fused-ring (bicyclic) bond motifs is 1. The van der Waals surface area contributed by atoms with Gasteiger partial charge < -0.3 is 4.42 Å². The maximum Gasteiger partial charge on any atom is 0.271 e. The number of rotatable bonds is 5. The molecule has 0 fully saturated rings. The Bertz CT molecular complexity index is 1180. The van der Waals surface area contributed by atoms with Crippen LogP contribution in [-0.4, -0.2) is 26.8 Å². The van der Waals surface area contributed by atoms with E-state index in [-0.39, 0.29) is 16.7 Å². The van der Waals surface area contributed by atoms with Crippen LogP contribution in [0.25, 0.3) is 11.0 Å². The number of amides is 1. The zero-order valence-corrected chi connectivity index (χ0v) is 15.2. The minimum absolute atomic E-state index is 0.0925. The summed E-state index contributed by atoms with van der Waals surface area (Å²) in [6, 6.07) is 13.0. The Morgan fingerprint density at radius 2 is 1.85 bits per heavy atom. The van der Waals surface area contributed by atoms with Crippen molar-refractivity contribution in [1.29, 1.82) is 0 Å². The highest BCUT2D eigenvalue weighted by Crippen LogP contribution is 2.10. The lowest BCUT2D eigenvalue weighted by atomic mass is 10.1. The van der Waals surface area contributed by atoms with E-state index in [0.717, 1.165) is 6.26 Å². The van der Waals surface area contributed by atoms with Gasteiger partial charge in [-0.3, -0.25) is 9.59 Å². The van der Waals surface area contributed by atoms with Crippen molar-refractivity contribution < 1.29 is 17.6 Å². The van der Waals surface area contributed by atoms with Gasteiger partial charge in [-0.15, -0.1) is 0 Å². The molecule has 0 aliphatic heterocycles. The molecule has 2 aromatic carbocycles. The van der Waals surface area contributed by atoms with Crippen molar-refractivity contribution in [2.75, 3.05) is 6.26 Å². The summed E-state index contributed by atoms with van der Waals surface area (Å²) in [6.07, 6.45) is 3.64. The third-order valence-electron chi connectivity index (χ3n) is 3.72. The molecule has 0 saturated heterocycles. The van der Waals surface area contributed by atoms with Crippen LogP contribution in [0.1, 0.15) is 21.5 Å². The van der Waals surface area contributed by atoms with Gasteiger partial charge in [0.25, 0.3) is 5.91 Å². The van der Waals surface area contributed by atoms with E-state index in [1.54, 1.807) is 36.4 Å². The maximum absolute atomic E-state index is 12.3. The Hall–Kier alpha value is -3.26. The molecule has 0 saturated carbocycles. The van der Waals surface area contributed by atoms with Gasteiger partial charge in [-0.05, 0) is 29.8 Å². The van der Waals surface area contributed by atoms with E-state index < -0.39 is 15.7 Å². The van der Waals surface area contributed by atoms with Gasteiger partial charge in [-0.25, -0.2) is 13.8 Å². The normalized spacial score (nSPS) is 11.7. The van der Waals surface area contributed by atoms with Crippen molar-refractivity contribution in [1.82, 2.24) is 5.43 Å². The van der Waals surface area contributed by atoms with E-state index >= 15 is 0 Å². The highest BCUT2D eigenvalue weighted by atomic mass is 32.2. The maximum atomic E-state index is 12.3. The van der Waals surface area contributed by atoms with Crippen LogP contribution >= 0.6 is 0 Å². The minimum Gasteiger partial charge on any atom is -0.463 e. The summed E-state index contributed by atoms with van der Waals surface area (Å²) in [5.74, 6) is -0.576. The zero-order valence-electron chi connectivity index (χ0n) is 14.4. The number of sulfone groups is 1. The third kappa shape index (κ3) is 4.68. The average molecular weight is 384 g/mol. The van der Waals surface area contributed by atoms with Gasteiger partial charge >= 0.3 is 0 Å². The van der Waals surface area contributed by atoms with E-state index in [1.807, 2.05) is 0 Å². The van der Waals surface area contributed by atoms with E-state index in [1.165, 1.54) is 24.6 Å².